The minimum atomic E-state index is -0.506. The van der Waals surface area contributed by atoms with E-state index < -0.39 is 5.41 Å². The standard InChI is InChI=1S/C57H41N/c1-57(2)55-23-8-7-19-53(55)54-22-11-21-52(56(54)57)41-28-33-46(34-29-41)58(47-16-9-15-43(37-47)50-20-10-14-39-12-3-5-17-48(39)50)45-31-26-38(27-32-45)42-30-35-51-44(36-42)25-24-40-13-4-6-18-49(40)51/h3-37H,1-2H3/i26D,27D,28D,29D,31D,32D,33D,34D. The number of fused-ring (bicyclic) bond motifs is 7. The zero-order valence-corrected chi connectivity index (χ0v) is 32.0. The highest BCUT2D eigenvalue weighted by Crippen LogP contribution is 2.52. The second kappa shape index (κ2) is 13.5. The van der Waals surface area contributed by atoms with Crippen LogP contribution in [0.5, 0.6) is 0 Å². The van der Waals surface area contributed by atoms with E-state index in [9.17, 15) is 11.0 Å². The number of benzene rings is 10. The quantitative estimate of drug-likeness (QED) is 0.153. The third kappa shape index (κ3) is 5.54. The lowest BCUT2D eigenvalue weighted by Gasteiger charge is -2.27. The number of rotatable bonds is 6. The summed E-state index contributed by atoms with van der Waals surface area (Å²) in [6.45, 7) is 4.23. The van der Waals surface area contributed by atoms with Gasteiger partial charge in [0.15, 0.2) is 0 Å². The summed E-state index contributed by atoms with van der Waals surface area (Å²) in [4.78, 5) is 1.39. The maximum atomic E-state index is 9.81. The highest BCUT2D eigenvalue weighted by molar-refractivity contribution is 6.08. The molecule has 11 rings (SSSR count). The molecule has 10 aromatic carbocycles. The Hall–Kier alpha value is -7.22. The monoisotopic (exact) mass is 747 g/mol. The van der Waals surface area contributed by atoms with Crippen molar-refractivity contribution in [2.45, 2.75) is 19.3 Å². The van der Waals surface area contributed by atoms with E-state index >= 15 is 0 Å². The molecule has 1 nitrogen and oxygen atoms in total. The largest absolute Gasteiger partial charge is 0.310 e. The highest BCUT2D eigenvalue weighted by Gasteiger charge is 2.37. The molecule has 0 atom stereocenters. The number of hydrogen-bond donors (Lipinski definition) is 0. The van der Waals surface area contributed by atoms with E-state index in [1.807, 2.05) is 140 Å². The van der Waals surface area contributed by atoms with Crippen molar-refractivity contribution in [1.29, 1.82) is 0 Å². The molecule has 0 saturated heterocycles. The van der Waals surface area contributed by atoms with Crippen LogP contribution >= 0.6 is 0 Å². The van der Waals surface area contributed by atoms with E-state index in [-0.39, 0.29) is 70.8 Å². The van der Waals surface area contributed by atoms with Crippen LogP contribution in [0.3, 0.4) is 0 Å². The van der Waals surface area contributed by atoms with Crippen LogP contribution in [0.15, 0.2) is 212 Å². The molecule has 274 valence electrons. The van der Waals surface area contributed by atoms with Crippen LogP contribution in [-0.2, 0) is 5.41 Å². The predicted molar refractivity (Wildman–Crippen MR) is 248 cm³/mol. The lowest BCUT2D eigenvalue weighted by atomic mass is 9.79. The molecule has 0 bridgehead atoms. The fraction of sp³-hybridized carbons (Fsp3) is 0.0526. The van der Waals surface area contributed by atoms with Crippen molar-refractivity contribution in [3.05, 3.63) is 223 Å². The third-order valence-electron chi connectivity index (χ3n) is 11.8. The second-order valence-electron chi connectivity index (χ2n) is 15.5. The van der Waals surface area contributed by atoms with Gasteiger partial charge in [-0.25, -0.2) is 0 Å². The maximum absolute atomic E-state index is 9.81. The molecule has 0 aliphatic heterocycles. The average Bonchev–Trinajstić information content (AvgIpc) is 3.58. The summed E-state index contributed by atoms with van der Waals surface area (Å²) in [5.74, 6) is 0. The molecule has 10 aromatic rings. The Morgan fingerprint density at radius 3 is 1.74 bits per heavy atom. The van der Waals surface area contributed by atoms with Crippen LogP contribution in [0.4, 0.5) is 17.1 Å². The first-order valence-corrected chi connectivity index (χ1v) is 19.6. The van der Waals surface area contributed by atoms with Gasteiger partial charge < -0.3 is 4.90 Å². The van der Waals surface area contributed by atoms with Crippen LogP contribution < -0.4 is 4.90 Å². The maximum Gasteiger partial charge on any atom is 0.0645 e. The fourth-order valence-corrected chi connectivity index (χ4v) is 9.00. The average molecular weight is 748 g/mol. The molecule has 0 saturated carbocycles. The van der Waals surface area contributed by atoms with Gasteiger partial charge in [0, 0.05) is 22.5 Å². The Morgan fingerprint density at radius 1 is 0.362 bits per heavy atom. The minimum absolute atomic E-state index is 0.115. The van der Waals surface area contributed by atoms with E-state index in [0.29, 0.717) is 16.8 Å². The van der Waals surface area contributed by atoms with Crippen molar-refractivity contribution < 1.29 is 11.0 Å². The zero-order valence-electron chi connectivity index (χ0n) is 40.0. The highest BCUT2D eigenvalue weighted by atomic mass is 15.1. The van der Waals surface area contributed by atoms with Gasteiger partial charge in [-0.2, -0.15) is 0 Å². The summed E-state index contributed by atoms with van der Waals surface area (Å²) in [5, 5.41) is 6.06. The first kappa shape index (κ1) is 26.6. The minimum Gasteiger partial charge on any atom is -0.310 e. The summed E-state index contributed by atoms with van der Waals surface area (Å²) in [6, 6.07) is 50.4. The molecule has 0 radical (unpaired) electrons. The summed E-state index contributed by atoms with van der Waals surface area (Å²) in [5.41, 5.74) is 6.58. The van der Waals surface area contributed by atoms with Gasteiger partial charge in [0.2, 0.25) is 0 Å². The Bertz CT molecular complexity index is 3620. The van der Waals surface area contributed by atoms with Crippen molar-refractivity contribution in [1.82, 2.24) is 0 Å². The molecule has 1 heteroatoms. The zero-order chi connectivity index (χ0) is 45.8. The van der Waals surface area contributed by atoms with Crippen LogP contribution in [0, 0.1) is 0 Å². The van der Waals surface area contributed by atoms with Crippen LogP contribution in [0.2, 0.25) is 0 Å². The van der Waals surface area contributed by atoms with E-state index in [1.165, 1.54) is 4.90 Å². The van der Waals surface area contributed by atoms with E-state index in [0.717, 1.165) is 65.7 Å². The third-order valence-corrected chi connectivity index (χ3v) is 11.8. The summed E-state index contributed by atoms with van der Waals surface area (Å²) in [7, 11) is 0. The molecule has 0 amide bonds. The molecule has 0 N–H and O–H groups in total. The van der Waals surface area contributed by atoms with E-state index in [2.05, 4.69) is 32.0 Å². The lowest BCUT2D eigenvalue weighted by molar-refractivity contribution is 0.662. The molecule has 1 aliphatic rings. The molecule has 0 heterocycles. The Morgan fingerprint density at radius 2 is 0.931 bits per heavy atom. The van der Waals surface area contributed by atoms with Gasteiger partial charge in [0.1, 0.15) is 0 Å². The van der Waals surface area contributed by atoms with Gasteiger partial charge in [-0.15, -0.1) is 0 Å². The molecule has 58 heavy (non-hydrogen) atoms. The Balaban J connectivity index is 1.15. The van der Waals surface area contributed by atoms with Gasteiger partial charge in [0.05, 0.1) is 11.0 Å². The van der Waals surface area contributed by atoms with Crippen LogP contribution in [0.1, 0.15) is 35.9 Å². The fourth-order valence-electron chi connectivity index (χ4n) is 9.00. The Labute approximate surface area is 351 Å². The summed E-state index contributed by atoms with van der Waals surface area (Å²) < 4.78 is 77.6. The smallest absolute Gasteiger partial charge is 0.0645 e. The van der Waals surface area contributed by atoms with E-state index in [4.69, 9.17) is 0 Å². The number of hydrogen-bond acceptors (Lipinski definition) is 1. The molecule has 1 aliphatic carbocycles. The molecular weight excluding hydrogens is 699 g/mol. The molecule has 0 fully saturated rings. The first-order chi connectivity index (χ1) is 31.9. The summed E-state index contributed by atoms with van der Waals surface area (Å²) >= 11 is 0. The van der Waals surface area contributed by atoms with Crippen LogP contribution in [0.25, 0.3) is 76.8 Å². The van der Waals surface area contributed by atoms with Gasteiger partial charge in [-0.3, -0.25) is 0 Å². The molecule has 0 aromatic heterocycles. The second-order valence-corrected chi connectivity index (χ2v) is 15.5. The van der Waals surface area contributed by atoms with Crippen molar-refractivity contribution in [2.75, 3.05) is 4.90 Å². The predicted octanol–water partition coefficient (Wildman–Crippen LogP) is 15.9. The van der Waals surface area contributed by atoms with Crippen molar-refractivity contribution in [3.8, 4) is 44.5 Å². The lowest BCUT2D eigenvalue weighted by Crippen LogP contribution is -2.16. The number of nitrogens with zero attached hydrogens (tertiary/aromatic N) is 1. The Kier molecular flexibility index (Phi) is 6.18. The summed E-state index contributed by atoms with van der Waals surface area (Å²) in [6.07, 6.45) is 0. The van der Waals surface area contributed by atoms with Crippen molar-refractivity contribution in [2.24, 2.45) is 0 Å². The normalized spacial score (nSPS) is 14.7. The van der Waals surface area contributed by atoms with E-state index in [1.54, 1.807) is 6.07 Å². The van der Waals surface area contributed by atoms with Gasteiger partial charge in [-0.05, 0) is 130 Å². The van der Waals surface area contributed by atoms with Gasteiger partial charge in [-0.1, -0.05) is 184 Å². The number of anilines is 3. The first-order valence-electron chi connectivity index (χ1n) is 23.6. The molecule has 0 unspecified atom stereocenters. The molecular formula is C57H41N. The van der Waals surface area contributed by atoms with Crippen molar-refractivity contribution >= 4 is 49.4 Å². The van der Waals surface area contributed by atoms with Crippen molar-refractivity contribution in [3.63, 3.8) is 0 Å². The van der Waals surface area contributed by atoms with Crippen LogP contribution in [-0.4, -0.2) is 0 Å². The topological polar surface area (TPSA) is 3.24 Å². The van der Waals surface area contributed by atoms with Gasteiger partial charge in [0.25, 0.3) is 0 Å². The molecule has 0 spiro atoms. The van der Waals surface area contributed by atoms with Gasteiger partial charge >= 0.3 is 0 Å². The SMILES string of the molecule is [2H]c1c([2H])c(N(c2cccc(-c3cccc4ccccc34)c2)c2c([2H])c([2H])c(-c3cccc4c3C(C)(C)c3ccccc3-4)c([2H])c2[2H])c([2H])c([2H])c1-c1ccc2c(ccc3ccccc32)c1.